The van der Waals surface area contributed by atoms with Crippen molar-refractivity contribution in [2.24, 2.45) is 0 Å². The number of ether oxygens (including phenoxy) is 2. The molecule has 0 bridgehead atoms. The lowest BCUT2D eigenvalue weighted by Gasteiger charge is -2.45. The molecule has 0 aromatic rings. The number of amides is 1. The molecule has 1 heterocycles. The monoisotopic (exact) mass is 231 g/mol. The third-order valence-corrected chi connectivity index (χ3v) is 2.47. The highest BCUT2D eigenvalue weighted by molar-refractivity contribution is 5.70. The molecule has 1 rings (SSSR count). The normalized spacial score (nSPS) is 25.2. The van der Waals surface area contributed by atoms with Crippen LogP contribution in [0.5, 0.6) is 0 Å². The van der Waals surface area contributed by atoms with Gasteiger partial charge in [-0.05, 0) is 27.2 Å². The molecule has 1 fully saturated rings. The van der Waals surface area contributed by atoms with Gasteiger partial charge in [-0.25, -0.2) is 4.79 Å². The van der Waals surface area contributed by atoms with Crippen LogP contribution < -0.4 is 0 Å². The summed E-state index contributed by atoms with van der Waals surface area (Å²) in [7, 11) is 1.60. The molecule has 0 radical (unpaired) electrons. The van der Waals surface area contributed by atoms with E-state index >= 15 is 0 Å². The van der Waals surface area contributed by atoms with E-state index in [0.29, 0.717) is 19.6 Å². The summed E-state index contributed by atoms with van der Waals surface area (Å²) < 4.78 is 10.2. The van der Waals surface area contributed by atoms with Gasteiger partial charge in [0.15, 0.2) is 0 Å². The Bertz CT molecular complexity index is 249. The third-order valence-electron chi connectivity index (χ3n) is 2.47. The zero-order chi connectivity index (χ0) is 12.3. The van der Waals surface area contributed by atoms with Crippen molar-refractivity contribution in [1.29, 1.82) is 0 Å². The van der Waals surface area contributed by atoms with Crippen LogP contribution in [0.4, 0.5) is 4.79 Å². The van der Waals surface area contributed by atoms with Gasteiger partial charge in [0, 0.05) is 13.7 Å². The highest BCUT2D eigenvalue weighted by Gasteiger charge is 2.42. The lowest BCUT2D eigenvalue weighted by atomic mass is 9.97. The van der Waals surface area contributed by atoms with Gasteiger partial charge in [0.1, 0.15) is 5.60 Å². The SMILES string of the molecule is COCCC1C(O)CN1C(=O)OC(C)(C)C. The number of hydrogen-bond acceptors (Lipinski definition) is 4. The highest BCUT2D eigenvalue weighted by atomic mass is 16.6. The molecule has 16 heavy (non-hydrogen) atoms. The molecule has 0 aromatic carbocycles. The van der Waals surface area contributed by atoms with Crippen LogP contribution in [0.25, 0.3) is 0 Å². The molecule has 5 heteroatoms. The zero-order valence-corrected chi connectivity index (χ0v) is 10.4. The molecular formula is C11H21NO4. The van der Waals surface area contributed by atoms with Gasteiger partial charge in [0.25, 0.3) is 0 Å². The Morgan fingerprint density at radius 3 is 2.56 bits per heavy atom. The van der Waals surface area contributed by atoms with E-state index < -0.39 is 11.7 Å². The first-order valence-electron chi connectivity index (χ1n) is 5.52. The molecule has 0 saturated carbocycles. The predicted molar refractivity (Wildman–Crippen MR) is 59.2 cm³/mol. The lowest BCUT2D eigenvalue weighted by molar-refractivity contribution is -0.0777. The topological polar surface area (TPSA) is 59.0 Å². The second kappa shape index (κ2) is 5.01. The molecule has 0 aromatic heterocycles. The van der Waals surface area contributed by atoms with Crippen LogP contribution >= 0.6 is 0 Å². The van der Waals surface area contributed by atoms with E-state index in [9.17, 15) is 9.90 Å². The van der Waals surface area contributed by atoms with Gasteiger partial charge in [-0.15, -0.1) is 0 Å². The maximum Gasteiger partial charge on any atom is 0.410 e. The molecule has 94 valence electrons. The van der Waals surface area contributed by atoms with Gasteiger partial charge in [-0.1, -0.05) is 0 Å². The maximum atomic E-state index is 11.7. The van der Waals surface area contributed by atoms with Gasteiger partial charge < -0.3 is 14.6 Å². The molecular weight excluding hydrogens is 210 g/mol. The molecule has 1 aliphatic rings. The fourth-order valence-electron chi connectivity index (χ4n) is 1.65. The number of β-amino-alcohol motifs (C(OH)–C–C–N with tert-alkyl or cyclic N) is 1. The van der Waals surface area contributed by atoms with Crippen LogP contribution in [-0.2, 0) is 9.47 Å². The first-order valence-corrected chi connectivity index (χ1v) is 5.52. The van der Waals surface area contributed by atoms with E-state index in [-0.39, 0.29) is 12.1 Å². The molecule has 2 atom stereocenters. The summed E-state index contributed by atoms with van der Waals surface area (Å²) in [6.07, 6.45) is -0.182. The van der Waals surface area contributed by atoms with Crippen molar-refractivity contribution in [2.75, 3.05) is 20.3 Å². The van der Waals surface area contributed by atoms with E-state index in [1.54, 1.807) is 12.0 Å². The van der Waals surface area contributed by atoms with E-state index in [4.69, 9.17) is 9.47 Å². The summed E-state index contributed by atoms with van der Waals surface area (Å²) >= 11 is 0. The number of nitrogens with zero attached hydrogens (tertiary/aromatic N) is 1. The fraction of sp³-hybridized carbons (Fsp3) is 0.909. The van der Waals surface area contributed by atoms with Crippen molar-refractivity contribution in [2.45, 2.75) is 44.9 Å². The molecule has 1 N–H and O–H groups in total. The van der Waals surface area contributed by atoms with Gasteiger partial charge in [-0.2, -0.15) is 0 Å². The minimum absolute atomic E-state index is 0.171. The average Bonchev–Trinajstić information content (AvgIpc) is 2.11. The van der Waals surface area contributed by atoms with E-state index in [1.165, 1.54) is 0 Å². The molecule has 1 amide bonds. The Hall–Kier alpha value is -0.810. The van der Waals surface area contributed by atoms with Crippen LogP contribution in [0.15, 0.2) is 0 Å². The Morgan fingerprint density at radius 2 is 2.12 bits per heavy atom. The Morgan fingerprint density at radius 1 is 1.50 bits per heavy atom. The summed E-state index contributed by atoms with van der Waals surface area (Å²) in [4.78, 5) is 13.3. The molecule has 2 unspecified atom stereocenters. The van der Waals surface area contributed by atoms with E-state index in [1.807, 2.05) is 20.8 Å². The molecule has 0 aliphatic carbocycles. The number of aliphatic hydroxyl groups is 1. The van der Waals surface area contributed by atoms with Crippen molar-refractivity contribution in [1.82, 2.24) is 4.90 Å². The number of carbonyl (C=O) groups is 1. The van der Waals surface area contributed by atoms with E-state index in [2.05, 4.69) is 0 Å². The minimum Gasteiger partial charge on any atom is -0.444 e. The largest absolute Gasteiger partial charge is 0.444 e. The maximum absolute atomic E-state index is 11.7. The zero-order valence-electron chi connectivity index (χ0n) is 10.4. The van der Waals surface area contributed by atoms with Crippen molar-refractivity contribution in [3.63, 3.8) is 0 Å². The number of hydrogen-bond donors (Lipinski definition) is 1. The summed E-state index contributed by atoms with van der Waals surface area (Å²) in [5.41, 5.74) is -0.497. The average molecular weight is 231 g/mol. The number of carbonyl (C=O) groups excluding carboxylic acids is 1. The van der Waals surface area contributed by atoms with Gasteiger partial charge >= 0.3 is 6.09 Å². The van der Waals surface area contributed by atoms with Crippen LogP contribution in [0.1, 0.15) is 27.2 Å². The van der Waals surface area contributed by atoms with Gasteiger partial charge in [-0.3, -0.25) is 4.90 Å². The highest BCUT2D eigenvalue weighted by Crippen LogP contribution is 2.24. The molecule has 5 nitrogen and oxygen atoms in total. The summed E-state index contributed by atoms with van der Waals surface area (Å²) in [6, 6.07) is -0.171. The summed E-state index contributed by atoms with van der Waals surface area (Å²) in [5.74, 6) is 0. The van der Waals surface area contributed by atoms with Crippen molar-refractivity contribution in [3.05, 3.63) is 0 Å². The third kappa shape index (κ3) is 3.35. The second-order valence-corrected chi connectivity index (χ2v) is 5.05. The van der Waals surface area contributed by atoms with Crippen LogP contribution in [0.3, 0.4) is 0 Å². The lowest BCUT2D eigenvalue weighted by Crippen LogP contribution is -2.63. The standard InChI is InChI=1S/C11H21NO4/c1-11(2,3)16-10(14)12-7-9(13)8(12)5-6-15-4/h8-9,13H,5-7H2,1-4H3. The van der Waals surface area contributed by atoms with Gasteiger partial charge in [0.2, 0.25) is 0 Å². The van der Waals surface area contributed by atoms with Crippen molar-refractivity contribution < 1.29 is 19.4 Å². The summed E-state index contributed by atoms with van der Waals surface area (Å²) in [6.45, 7) is 6.35. The Balaban J connectivity index is 2.45. The number of aliphatic hydroxyl groups excluding tert-OH is 1. The number of methoxy groups -OCH3 is 1. The predicted octanol–water partition coefficient (Wildman–Crippen LogP) is 1.00. The number of rotatable bonds is 3. The van der Waals surface area contributed by atoms with Crippen molar-refractivity contribution in [3.8, 4) is 0 Å². The van der Waals surface area contributed by atoms with Crippen LogP contribution in [0, 0.1) is 0 Å². The fourth-order valence-corrected chi connectivity index (χ4v) is 1.65. The van der Waals surface area contributed by atoms with Crippen molar-refractivity contribution >= 4 is 6.09 Å². The first kappa shape index (κ1) is 13.3. The quantitative estimate of drug-likeness (QED) is 0.787. The molecule has 1 aliphatic heterocycles. The second-order valence-electron chi connectivity index (χ2n) is 5.05. The first-order chi connectivity index (χ1) is 7.35. The minimum atomic E-state index is -0.497. The summed E-state index contributed by atoms with van der Waals surface area (Å²) in [5, 5.41) is 9.55. The van der Waals surface area contributed by atoms with Gasteiger partial charge in [0.05, 0.1) is 18.7 Å². The number of likely N-dealkylation sites (tertiary alicyclic amines) is 1. The van der Waals surface area contributed by atoms with Crippen LogP contribution in [-0.4, -0.2) is 54.1 Å². The van der Waals surface area contributed by atoms with Crippen LogP contribution in [0.2, 0.25) is 0 Å². The Kier molecular flexibility index (Phi) is 4.15. The van der Waals surface area contributed by atoms with E-state index in [0.717, 1.165) is 0 Å². The smallest absolute Gasteiger partial charge is 0.410 e. The Labute approximate surface area is 96.3 Å². The molecule has 0 spiro atoms. The molecule has 1 saturated heterocycles.